The maximum atomic E-state index is 14.1. The lowest BCUT2D eigenvalue weighted by Crippen LogP contribution is -2.45. The van der Waals surface area contributed by atoms with Crippen molar-refractivity contribution in [3.05, 3.63) is 34.1 Å². The van der Waals surface area contributed by atoms with Crippen LogP contribution in [0.15, 0.2) is 22.7 Å². The van der Waals surface area contributed by atoms with E-state index in [2.05, 4.69) is 26.1 Å². The lowest BCUT2D eigenvalue weighted by molar-refractivity contribution is 0.154. The van der Waals surface area contributed by atoms with Crippen LogP contribution in [-0.4, -0.2) is 37.8 Å². The molecule has 1 aliphatic heterocycles. The Morgan fingerprint density at radius 3 is 2.63 bits per heavy atom. The third-order valence-electron chi connectivity index (χ3n) is 3.32. The summed E-state index contributed by atoms with van der Waals surface area (Å²) in [4.78, 5) is 2.15. The van der Waals surface area contributed by atoms with Crippen LogP contribution in [0.25, 0.3) is 0 Å². The van der Waals surface area contributed by atoms with E-state index in [0.717, 1.165) is 26.2 Å². The van der Waals surface area contributed by atoms with Gasteiger partial charge in [0.05, 0.1) is 11.1 Å². The molecule has 0 aliphatic carbocycles. The topological polar surface area (TPSA) is 15.3 Å². The molecule has 1 aromatic rings. The molecule has 0 unspecified atom stereocenters. The molecular formula is C13H18BrClF2N2. The van der Waals surface area contributed by atoms with E-state index >= 15 is 0 Å². The third kappa shape index (κ3) is 4.12. The van der Waals surface area contributed by atoms with Gasteiger partial charge in [0.15, 0.2) is 0 Å². The molecule has 1 aromatic carbocycles. The van der Waals surface area contributed by atoms with Crippen molar-refractivity contribution in [2.45, 2.75) is 12.5 Å². The van der Waals surface area contributed by atoms with Gasteiger partial charge in [0.25, 0.3) is 0 Å². The summed E-state index contributed by atoms with van der Waals surface area (Å²) in [6, 6.07) is 5.05. The number of halogens is 4. The molecular weight excluding hydrogens is 338 g/mol. The Kier molecular flexibility index (Phi) is 7.21. The van der Waals surface area contributed by atoms with Gasteiger partial charge >= 0.3 is 0 Å². The first-order valence-electron chi connectivity index (χ1n) is 6.18. The largest absolute Gasteiger partial charge is 0.314 e. The van der Waals surface area contributed by atoms with E-state index in [1.807, 2.05) is 0 Å². The van der Waals surface area contributed by atoms with Gasteiger partial charge in [-0.15, -0.1) is 12.4 Å². The van der Waals surface area contributed by atoms with Crippen molar-refractivity contribution in [3.63, 3.8) is 0 Å². The Hall–Kier alpha value is -0.230. The van der Waals surface area contributed by atoms with Crippen LogP contribution >= 0.6 is 28.3 Å². The second-order valence-corrected chi connectivity index (χ2v) is 5.28. The highest BCUT2D eigenvalue weighted by Crippen LogP contribution is 2.30. The maximum absolute atomic E-state index is 14.1. The van der Waals surface area contributed by atoms with Crippen molar-refractivity contribution in [2.75, 3.05) is 32.9 Å². The number of benzene rings is 1. The smallest absolute Gasteiger partial charge is 0.142 e. The lowest BCUT2D eigenvalue weighted by atomic mass is 10.0. The summed E-state index contributed by atoms with van der Waals surface area (Å²) >= 11 is 3.19. The fourth-order valence-corrected chi connectivity index (χ4v) is 2.79. The molecule has 0 amide bonds. The van der Waals surface area contributed by atoms with E-state index in [1.165, 1.54) is 0 Å². The van der Waals surface area contributed by atoms with Gasteiger partial charge in [0, 0.05) is 37.8 Å². The zero-order valence-corrected chi connectivity index (χ0v) is 12.9. The highest BCUT2D eigenvalue weighted by Gasteiger charge is 2.24. The second-order valence-electron chi connectivity index (χ2n) is 4.42. The summed E-state index contributed by atoms with van der Waals surface area (Å²) in [5.74, 6) is -0.269. The van der Waals surface area contributed by atoms with E-state index in [1.54, 1.807) is 18.2 Å². The number of hydrogen-bond acceptors (Lipinski definition) is 2. The maximum Gasteiger partial charge on any atom is 0.142 e. The predicted molar refractivity (Wildman–Crippen MR) is 79.1 cm³/mol. The molecule has 19 heavy (non-hydrogen) atoms. The number of nitrogens with zero attached hydrogens (tertiary/aromatic N) is 1. The SMILES string of the molecule is Cl.FCC[C@H](c1cccc(Br)c1F)N1CCNCC1. The zero-order valence-electron chi connectivity index (χ0n) is 10.5. The van der Waals surface area contributed by atoms with Gasteiger partial charge in [-0.05, 0) is 28.4 Å². The van der Waals surface area contributed by atoms with Crippen molar-refractivity contribution in [1.82, 2.24) is 10.2 Å². The minimum atomic E-state index is -0.430. The average Bonchev–Trinajstić information content (AvgIpc) is 2.41. The van der Waals surface area contributed by atoms with Crippen LogP contribution in [0.2, 0.25) is 0 Å². The van der Waals surface area contributed by atoms with Crippen molar-refractivity contribution < 1.29 is 8.78 Å². The van der Waals surface area contributed by atoms with Gasteiger partial charge in [0.2, 0.25) is 0 Å². The lowest BCUT2D eigenvalue weighted by Gasteiger charge is -2.35. The zero-order chi connectivity index (χ0) is 13.0. The number of piperazine rings is 1. The molecule has 2 nitrogen and oxygen atoms in total. The molecule has 108 valence electrons. The molecule has 0 saturated carbocycles. The summed E-state index contributed by atoms with van der Waals surface area (Å²) in [5, 5.41) is 3.25. The molecule has 0 radical (unpaired) electrons. The summed E-state index contributed by atoms with van der Waals surface area (Å²) in [6.45, 7) is 2.98. The Balaban J connectivity index is 0.00000180. The average molecular weight is 356 g/mol. The van der Waals surface area contributed by atoms with Crippen molar-refractivity contribution in [2.24, 2.45) is 0 Å². The molecule has 0 aromatic heterocycles. The van der Waals surface area contributed by atoms with Crippen LogP contribution in [0, 0.1) is 5.82 Å². The Morgan fingerprint density at radius 2 is 2.00 bits per heavy atom. The fourth-order valence-electron chi connectivity index (χ4n) is 2.41. The van der Waals surface area contributed by atoms with Crippen LogP contribution in [0.5, 0.6) is 0 Å². The fraction of sp³-hybridized carbons (Fsp3) is 0.538. The molecule has 1 saturated heterocycles. The van der Waals surface area contributed by atoms with Gasteiger partial charge in [0.1, 0.15) is 5.82 Å². The summed E-state index contributed by atoms with van der Waals surface area (Å²) in [5.41, 5.74) is 0.587. The quantitative estimate of drug-likeness (QED) is 0.891. The molecule has 0 spiro atoms. The number of nitrogens with one attached hydrogen (secondary N) is 1. The van der Waals surface area contributed by atoms with E-state index < -0.39 is 6.67 Å². The first-order chi connectivity index (χ1) is 8.74. The molecule has 2 rings (SSSR count). The Bertz CT molecular complexity index is 400. The van der Waals surface area contributed by atoms with E-state index in [0.29, 0.717) is 16.5 Å². The van der Waals surface area contributed by atoms with Crippen LogP contribution in [-0.2, 0) is 0 Å². The summed E-state index contributed by atoms with van der Waals surface area (Å²) in [6.07, 6.45) is 0.341. The second kappa shape index (κ2) is 8.15. The molecule has 1 heterocycles. The number of alkyl halides is 1. The van der Waals surface area contributed by atoms with E-state index in [4.69, 9.17) is 0 Å². The minimum Gasteiger partial charge on any atom is -0.314 e. The summed E-state index contributed by atoms with van der Waals surface area (Å²) < 4.78 is 27.3. The molecule has 1 N–H and O–H groups in total. The van der Waals surface area contributed by atoms with Gasteiger partial charge in [-0.1, -0.05) is 12.1 Å². The Morgan fingerprint density at radius 1 is 1.32 bits per heavy atom. The standard InChI is InChI=1S/C13H17BrF2N2.ClH/c14-11-3-1-2-10(13(11)16)12(4-5-15)18-8-6-17-7-9-18;/h1-3,12,17H,4-9H2;1H/t12-;/m1./s1. The normalized spacial score (nSPS) is 17.8. The van der Waals surface area contributed by atoms with Crippen LogP contribution in [0.4, 0.5) is 8.78 Å². The summed E-state index contributed by atoms with van der Waals surface area (Å²) in [7, 11) is 0. The molecule has 1 atom stereocenters. The molecule has 6 heteroatoms. The van der Waals surface area contributed by atoms with Crippen molar-refractivity contribution in [3.8, 4) is 0 Å². The minimum absolute atomic E-state index is 0. The molecule has 1 fully saturated rings. The van der Waals surface area contributed by atoms with E-state index in [-0.39, 0.29) is 24.3 Å². The first kappa shape index (κ1) is 16.8. The highest BCUT2D eigenvalue weighted by molar-refractivity contribution is 9.10. The van der Waals surface area contributed by atoms with Crippen LogP contribution in [0.1, 0.15) is 18.0 Å². The molecule has 1 aliphatic rings. The van der Waals surface area contributed by atoms with Gasteiger partial charge in [-0.25, -0.2) is 4.39 Å². The predicted octanol–water partition coefficient (Wildman–Crippen LogP) is 3.32. The van der Waals surface area contributed by atoms with Crippen molar-refractivity contribution in [1.29, 1.82) is 0 Å². The monoisotopic (exact) mass is 354 g/mol. The van der Waals surface area contributed by atoms with Gasteiger partial charge in [-0.2, -0.15) is 0 Å². The van der Waals surface area contributed by atoms with Crippen LogP contribution in [0.3, 0.4) is 0 Å². The first-order valence-corrected chi connectivity index (χ1v) is 6.98. The number of rotatable bonds is 4. The van der Waals surface area contributed by atoms with Gasteiger partial charge in [-0.3, -0.25) is 9.29 Å². The third-order valence-corrected chi connectivity index (χ3v) is 3.93. The Labute approximate surface area is 127 Å². The highest BCUT2D eigenvalue weighted by atomic mass is 79.9. The molecule has 0 bridgehead atoms. The van der Waals surface area contributed by atoms with E-state index in [9.17, 15) is 8.78 Å². The van der Waals surface area contributed by atoms with Crippen molar-refractivity contribution >= 4 is 28.3 Å². The van der Waals surface area contributed by atoms with Crippen LogP contribution < -0.4 is 5.32 Å². The number of hydrogen-bond donors (Lipinski definition) is 1. The van der Waals surface area contributed by atoms with Gasteiger partial charge < -0.3 is 5.32 Å².